The van der Waals surface area contributed by atoms with Gasteiger partial charge >= 0.3 is 0 Å². The first kappa shape index (κ1) is 20.7. The highest BCUT2D eigenvalue weighted by atomic mass is 19.1. The number of rotatable bonds is 8. The van der Waals surface area contributed by atoms with Crippen LogP contribution in [0, 0.1) is 12.7 Å². The summed E-state index contributed by atoms with van der Waals surface area (Å²) in [6, 6.07) is 10.2. The smallest absolute Gasteiger partial charge is 0.282 e. The van der Waals surface area contributed by atoms with Crippen molar-refractivity contribution in [2.45, 2.75) is 33.4 Å². The van der Waals surface area contributed by atoms with Gasteiger partial charge in [-0.1, -0.05) is 6.07 Å². The van der Waals surface area contributed by atoms with Gasteiger partial charge in [-0.15, -0.1) is 0 Å². The molecule has 0 heterocycles. The van der Waals surface area contributed by atoms with E-state index in [9.17, 15) is 9.18 Å². The minimum Gasteiger partial charge on any atom is -0.493 e. The van der Waals surface area contributed by atoms with E-state index in [1.807, 2.05) is 39.1 Å². The Labute approximate surface area is 160 Å². The number of carbonyl (C=O) groups is 1. The van der Waals surface area contributed by atoms with Gasteiger partial charge in [-0.05, 0) is 56.7 Å². The van der Waals surface area contributed by atoms with Crippen LogP contribution in [0.5, 0.6) is 11.5 Å². The lowest BCUT2D eigenvalue weighted by Crippen LogP contribution is -3.12. The first-order chi connectivity index (χ1) is 12.8. The third kappa shape index (κ3) is 5.44. The minimum absolute atomic E-state index is 0.159. The number of hydrogen-bond donors (Lipinski definition) is 2. The molecule has 27 heavy (non-hydrogen) atoms. The van der Waals surface area contributed by atoms with Gasteiger partial charge in [-0.3, -0.25) is 4.79 Å². The number of ether oxygens (including phenoxy) is 2. The van der Waals surface area contributed by atoms with Gasteiger partial charge in [0.05, 0.1) is 20.8 Å². The van der Waals surface area contributed by atoms with Crippen molar-refractivity contribution in [3.63, 3.8) is 0 Å². The highest BCUT2D eigenvalue weighted by molar-refractivity contribution is 5.93. The number of aryl methyl sites for hydroxylation is 1. The maximum atomic E-state index is 13.7. The summed E-state index contributed by atoms with van der Waals surface area (Å²) < 4.78 is 24.6. The summed E-state index contributed by atoms with van der Waals surface area (Å²) in [4.78, 5) is 13.5. The van der Waals surface area contributed by atoms with E-state index < -0.39 is 0 Å². The number of nitrogens with one attached hydrogen (secondary N) is 2. The van der Waals surface area contributed by atoms with E-state index in [0.29, 0.717) is 35.9 Å². The summed E-state index contributed by atoms with van der Waals surface area (Å²) in [5.74, 6) is 0.888. The van der Waals surface area contributed by atoms with Gasteiger partial charge in [0.25, 0.3) is 5.91 Å². The Morgan fingerprint density at radius 2 is 1.96 bits per heavy atom. The summed E-state index contributed by atoms with van der Waals surface area (Å²) in [7, 11) is 3.55. The van der Waals surface area contributed by atoms with Crippen LogP contribution in [0.15, 0.2) is 36.4 Å². The zero-order valence-corrected chi connectivity index (χ0v) is 16.6. The number of amides is 1. The van der Waals surface area contributed by atoms with Crippen LogP contribution in [-0.2, 0) is 11.3 Å². The number of methoxy groups -OCH3 is 1. The lowest BCUT2D eigenvalue weighted by molar-refractivity contribution is -0.907. The molecule has 2 atom stereocenters. The molecule has 0 radical (unpaired) electrons. The molecule has 0 saturated carbocycles. The molecule has 0 saturated heterocycles. The molecule has 1 amide bonds. The maximum Gasteiger partial charge on any atom is 0.282 e. The molecule has 0 bridgehead atoms. The average molecular weight is 375 g/mol. The second-order valence-corrected chi connectivity index (χ2v) is 6.62. The molecule has 0 aliphatic rings. The van der Waals surface area contributed by atoms with Gasteiger partial charge in [0.1, 0.15) is 12.4 Å². The molecule has 0 spiro atoms. The Balaban J connectivity index is 2.02. The van der Waals surface area contributed by atoms with Crippen molar-refractivity contribution in [2.75, 3.05) is 26.1 Å². The normalized spacial score (nSPS) is 13.0. The van der Waals surface area contributed by atoms with Gasteiger partial charge in [-0.25, -0.2) is 4.39 Å². The molecule has 0 aliphatic heterocycles. The first-order valence-corrected chi connectivity index (χ1v) is 9.04. The Morgan fingerprint density at radius 3 is 2.59 bits per heavy atom. The van der Waals surface area contributed by atoms with Crippen LogP contribution >= 0.6 is 0 Å². The highest BCUT2D eigenvalue weighted by Gasteiger charge is 2.22. The summed E-state index contributed by atoms with van der Waals surface area (Å²) in [5, 5.41) is 2.78. The fraction of sp³-hybridized carbons (Fsp3) is 0.381. The van der Waals surface area contributed by atoms with Crippen molar-refractivity contribution in [1.82, 2.24) is 0 Å². The number of likely N-dealkylation sites (N-methyl/N-ethyl adjacent to an activating group) is 1. The van der Waals surface area contributed by atoms with E-state index in [-0.39, 0.29) is 17.8 Å². The van der Waals surface area contributed by atoms with Crippen molar-refractivity contribution >= 4 is 11.6 Å². The molecule has 2 rings (SSSR count). The Bertz CT molecular complexity index is 795. The van der Waals surface area contributed by atoms with E-state index in [4.69, 9.17) is 9.47 Å². The third-order valence-corrected chi connectivity index (χ3v) is 4.58. The monoisotopic (exact) mass is 375 g/mol. The molecule has 5 nitrogen and oxygen atoms in total. The second kappa shape index (κ2) is 9.37. The van der Waals surface area contributed by atoms with Gasteiger partial charge in [0, 0.05) is 11.3 Å². The predicted octanol–water partition coefficient (Wildman–Crippen LogP) is 2.58. The Hall–Kier alpha value is -2.60. The van der Waals surface area contributed by atoms with Crippen LogP contribution in [0.3, 0.4) is 0 Å². The van der Waals surface area contributed by atoms with E-state index in [2.05, 4.69) is 5.32 Å². The van der Waals surface area contributed by atoms with E-state index in [1.165, 1.54) is 6.07 Å². The minimum atomic E-state index is -0.331. The molecule has 2 aromatic rings. The van der Waals surface area contributed by atoms with Crippen LogP contribution in [0.25, 0.3) is 0 Å². The van der Waals surface area contributed by atoms with Gasteiger partial charge < -0.3 is 19.7 Å². The van der Waals surface area contributed by atoms with Gasteiger partial charge in [0.2, 0.25) is 0 Å². The van der Waals surface area contributed by atoms with Crippen LogP contribution < -0.4 is 19.7 Å². The van der Waals surface area contributed by atoms with Crippen molar-refractivity contribution < 1.29 is 23.6 Å². The van der Waals surface area contributed by atoms with Crippen molar-refractivity contribution in [2.24, 2.45) is 0 Å². The number of carbonyl (C=O) groups excluding carboxylic acids is 1. The van der Waals surface area contributed by atoms with Crippen LogP contribution in [-0.4, -0.2) is 32.7 Å². The van der Waals surface area contributed by atoms with Gasteiger partial charge in [-0.2, -0.15) is 0 Å². The predicted molar refractivity (Wildman–Crippen MR) is 104 cm³/mol. The van der Waals surface area contributed by atoms with E-state index in [1.54, 1.807) is 26.2 Å². The molecule has 0 aliphatic carbocycles. The largest absolute Gasteiger partial charge is 0.493 e. The third-order valence-electron chi connectivity index (χ3n) is 4.58. The van der Waals surface area contributed by atoms with E-state index >= 15 is 0 Å². The molecule has 2 aromatic carbocycles. The Morgan fingerprint density at radius 1 is 1.22 bits per heavy atom. The number of quaternary nitrogens is 1. The molecule has 146 valence electrons. The fourth-order valence-electron chi connectivity index (χ4n) is 2.72. The summed E-state index contributed by atoms with van der Waals surface area (Å²) in [6.07, 6.45) is 0. The number of anilines is 1. The topological polar surface area (TPSA) is 52.0 Å². The van der Waals surface area contributed by atoms with Crippen LogP contribution in [0.1, 0.15) is 25.0 Å². The maximum absolute atomic E-state index is 13.7. The fourth-order valence-corrected chi connectivity index (χ4v) is 2.72. The summed E-state index contributed by atoms with van der Waals surface area (Å²) in [5.41, 5.74) is 2.05. The number of halogens is 1. The molecule has 6 heteroatoms. The standard InChI is InChI=1S/C21H27FN2O3/c1-6-27-19-10-8-16(11-20(19)26-5)13-24(4)15(3)21(25)23-17-9-7-14(2)18(22)12-17/h7-12,15H,6,13H2,1-5H3,(H,23,25)/p+1/t15-/m0/s1. The van der Waals surface area contributed by atoms with Crippen molar-refractivity contribution in [3.8, 4) is 11.5 Å². The lowest BCUT2D eigenvalue weighted by Gasteiger charge is -2.21. The summed E-state index contributed by atoms with van der Waals surface area (Å²) >= 11 is 0. The average Bonchev–Trinajstić information content (AvgIpc) is 2.65. The van der Waals surface area contributed by atoms with E-state index in [0.717, 1.165) is 10.5 Å². The number of benzene rings is 2. The molecular weight excluding hydrogens is 347 g/mol. The molecule has 0 fully saturated rings. The lowest BCUT2D eigenvalue weighted by atomic mass is 10.1. The van der Waals surface area contributed by atoms with Gasteiger partial charge in [0.15, 0.2) is 17.5 Å². The molecular formula is C21H28FN2O3+. The van der Waals surface area contributed by atoms with Crippen molar-refractivity contribution in [1.29, 1.82) is 0 Å². The molecule has 0 aromatic heterocycles. The summed E-state index contributed by atoms with van der Waals surface area (Å²) in [6.45, 7) is 6.66. The van der Waals surface area contributed by atoms with Crippen LogP contribution in [0.4, 0.5) is 10.1 Å². The quantitative estimate of drug-likeness (QED) is 0.746. The molecule has 2 N–H and O–H groups in total. The zero-order valence-electron chi connectivity index (χ0n) is 16.6. The Kier molecular flexibility index (Phi) is 7.19. The first-order valence-electron chi connectivity index (χ1n) is 9.04. The zero-order chi connectivity index (χ0) is 20.0. The second-order valence-electron chi connectivity index (χ2n) is 6.62. The highest BCUT2D eigenvalue weighted by Crippen LogP contribution is 2.27. The SMILES string of the molecule is CCOc1ccc(C[NH+](C)[C@@H](C)C(=O)Nc2ccc(C)c(F)c2)cc1OC. The van der Waals surface area contributed by atoms with Crippen LogP contribution in [0.2, 0.25) is 0 Å². The number of hydrogen-bond acceptors (Lipinski definition) is 3. The van der Waals surface area contributed by atoms with Crippen molar-refractivity contribution in [3.05, 3.63) is 53.3 Å². The molecule has 1 unspecified atom stereocenters.